The minimum Gasteiger partial charge on any atom is -0.488 e. The Morgan fingerprint density at radius 1 is 1.07 bits per heavy atom. The molecule has 1 N–H and O–H groups in total. The highest BCUT2D eigenvalue weighted by Crippen LogP contribution is 2.24. The van der Waals surface area contributed by atoms with E-state index in [0.717, 1.165) is 21.2 Å². The molecule has 29 heavy (non-hydrogen) atoms. The number of hydrogen-bond acceptors (Lipinski definition) is 3. The van der Waals surface area contributed by atoms with E-state index in [1.165, 1.54) is 0 Å². The molecule has 0 aliphatic heterocycles. The van der Waals surface area contributed by atoms with Gasteiger partial charge >= 0.3 is 0 Å². The molecule has 0 bridgehead atoms. The van der Waals surface area contributed by atoms with E-state index in [1.807, 2.05) is 54.6 Å². The number of amides is 1. The molecule has 3 aromatic carbocycles. The predicted molar refractivity (Wildman–Crippen MR) is 121 cm³/mol. The Morgan fingerprint density at radius 2 is 1.83 bits per heavy atom. The summed E-state index contributed by atoms with van der Waals surface area (Å²) in [6, 6.07) is 20.2. The van der Waals surface area contributed by atoms with Crippen molar-refractivity contribution in [3.8, 4) is 5.75 Å². The largest absolute Gasteiger partial charge is 0.488 e. The van der Waals surface area contributed by atoms with Crippen LogP contribution in [0.3, 0.4) is 0 Å². The number of halogens is 3. The van der Waals surface area contributed by atoms with E-state index >= 15 is 0 Å². The van der Waals surface area contributed by atoms with Crippen molar-refractivity contribution in [2.75, 3.05) is 0 Å². The van der Waals surface area contributed by atoms with Gasteiger partial charge in [-0.05, 0) is 42.0 Å². The van der Waals surface area contributed by atoms with E-state index < -0.39 is 0 Å². The highest BCUT2D eigenvalue weighted by Gasteiger charge is 2.06. The Balaban J connectivity index is 1.59. The van der Waals surface area contributed by atoms with Crippen LogP contribution in [0.15, 0.2) is 76.3 Å². The van der Waals surface area contributed by atoms with Gasteiger partial charge in [0, 0.05) is 25.6 Å². The molecule has 0 unspecified atom stereocenters. The number of nitrogens with one attached hydrogen (secondary N) is 1. The predicted octanol–water partition coefficient (Wildman–Crippen LogP) is 6.03. The van der Waals surface area contributed by atoms with E-state index in [1.54, 1.807) is 18.3 Å². The van der Waals surface area contributed by atoms with Crippen molar-refractivity contribution in [2.24, 2.45) is 5.10 Å². The first-order chi connectivity index (χ1) is 14.0. The minimum atomic E-state index is -0.199. The van der Waals surface area contributed by atoms with E-state index in [-0.39, 0.29) is 18.9 Å². The maximum atomic E-state index is 12.1. The average molecular weight is 492 g/mol. The number of carbonyl (C=O) groups excluding carboxylic acids is 1. The van der Waals surface area contributed by atoms with E-state index in [9.17, 15) is 4.79 Å². The quantitative estimate of drug-likeness (QED) is 0.324. The molecular weight excluding hydrogens is 475 g/mol. The summed E-state index contributed by atoms with van der Waals surface area (Å²) in [7, 11) is 0. The summed E-state index contributed by atoms with van der Waals surface area (Å²) in [5.74, 6) is 0.430. The molecule has 0 saturated carbocycles. The first kappa shape index (κ1) is 21.4. The molecule has 4 nitrogen and oxygen atoms in total. The third-order valence-electron chi connectivity index (χ3n) is 3.99. The van der Waals surface area contributed by atoms with Crippen LogP contribution in [-0.2, 0) is 17.8 Å². The third kappa shape index (κ3) is 6.60. The lowest BCUT2D eigenvalue weighted by Gasteiger charge is -2.10. The van der Waals surface area contributed by atoms with E-state index in [4.69, 9.17) is 27.9 Å². The Hall–Kier alpha value is -2.34. The van der Waals surface area contributed by atoms with Gasteiger partial charge in [0.05, 0.1) is 12.6 Å². The number of nitrogens with zero attached hydrogens (tertiary/aromatic N) is 1. The summed E-state index contributed by atoms with van der Waals surface area (Å²) in [6.45, 7) is 0.288. The van der Waals surface area contributed by atoms with Crippen molar-refractivity contribution in [1.82, 2.24) is 5.43 Å². The van der Waals surface area contributed by atoms with Crippen molar-refractivity contribution in [3.05, 3.63) is 97.9 Å². The molecule has 0 aromatic heterocycles. The van der Waals surface area contributed by atoms with Gasteiger partial charge in [0.25, 0.3) is 0 Å². The number of ether oxygens (including phenoxy) is 1. The zero-order valence-corrected chi connectivity index (χ0v) is 18.3. The normalized spacial score (nSPS) is 10.9. The van der Waals surface area contributed by atoms with Crippen molar-refractivity contribution >= 4 is 51.3 Å². The summed E-state index contributed by atoms with van der Waals surface area (Å²) in [6.07, 6.45) is 1.80. The summed E-state index contributed by atoms with van der Waals surface area (Å²) in [5.41, 5.74) is 5.01. The Bertz CT molecular complexity index is 1020. The summed E-state index contributed by atoms with van der Waals surface area (Å²) >= 11 is 15.5. The van der Waals surface area contributed by atoms with Crippen LogP contribution in [0, 0.1) is 0 Å². The van der Waals surface area contributed by atoms with E-state index in [0.29, 0.717) is 15.8 Å². The number of carbonyl (C=O) groups is 1. The van der Waals surface area contributed by atoms with Crippen LogP contribution in [0.5, 0.6) is 5.75 Å². The Labute approximate surface area is 187 Å². The van der Waals surface area contributed by atoms with Crippen LogP contribution in [0.1, 0.15) is 16.7 Å². The van der Waals surface area contributed by atoms with Gasteiger partial charge < -0.3 is 4.74 Å². The molecule has 3 aromatic rings. The van der Waals surface area contributed by atoms with E-state index in [2.05, 4.69) is 26.5 Å². The molecule has 0 spiro atoms. The molecule has 7 heteroatoms. The molecule has 0 radical (unpaired) electrons. The van der Waals surface area contributed by atoms with Gasteiger partial charge in [0.2, 0.25) is 5.91 Å². The maximum absolute atomic E-state index is 12.1. The SMILES string of the molecule is O=C(Cc1ccc(Br)cc1)N/N=C/c1ccccc1OCc1ccc(Cl)cc1Cl. The van der Waals surface area contributed by atoms with Gasteiger partial charge in [0.1, 0.15) is 12.4 Å². The van der Waals surface area contributed by atoms with Crippen LogP contribution in [0.25, 0.3) is 0 Å². The molecule has 0 fully saturated rings. The topological polar surface area (TPSA) is 50.7 Å². The maximum Gasteiger partial charge on any atom is 0.244 e. The molecule has 0 aliphatic carbocycles. The van der Waals surface area contributed by atoms with Gasteiger partial charge in [-0.1, -0.05) is 69.5 Å². The Kier molecular flexibility index (Phi) is 7.69. The number of benzene rings is 3. The third-order valence-corrected chi connectivity index (χ3v) is 5.10. The Morgan fingerprint density at radius 3 is 2.59 bits per heavy atom. The highest BCUT2D eigenvalue weighted by atomic mass is 79.9. The van der Waals surface area contributed by atoms with Crippen molar-refractivity contribution in [2.45, 2.75) is 13.0 Å². The van der Waals surface area contributed by atoms with Crippen LogP contribution >= 0.6 is 39.1 Å². The number of hydrogen-bond donors (Lipinski definition) is 1. The summed E-state index contributed by atoms with van der Waals surface area (Å²) in [4.78, 5) is 12.1. The number of rotatable bonds is 7. The fourth-order valence-corrected chi connectivity index (χ4v) is 3.24. The van der Waals surface area contributed by atoms with Crippen LogP contribution in [0.2, 0.25) is 10.0 Å². The molecule has 0 saturated heterocycles. The van der Waals surface area contributed by atoms with Crippen LogP contribution in [-0.4, -0.2) is 12.1 Å². The fraction of sp³-hybridized carbons (Fsp3) is 0.0909. The number of para-hydroxylation sites is 1. The smallest absolute Gasteiger partial charge is 0.244 e. The monoisotopic (exact) mass is 490 g/mol. The van der Waals surface area contributed by atoms with Gasteiger partial charge in [-0.3, -0.25) is 4.79 Å². The van der Waals surface area contributed by atoms with Crippen molar-refractivity contribution < 1.29 is 9.53 Å². The van der Waals surface area contributed by atoms with Gasteiger partial charge in [-0.15, -0.1) is 0 Å². The zero-order valence-electron chi connectivity index (χ0n) is 15.2. The molecule has 148 valence electrons. The molecule has 0 aliphatic rings. The van der Waals surface area contributed by atoms with Crippen molar-refractivity contribution in [1.29, 1.82) is 0 Å². The van der Waals surface area contributed by atoms with Crippen molar-refractivity contribution in [3.63, 3.8) is 0 Å². The van der Waals surface area contributed by atoms with Crippen LogP contribution in [0.4, 0.5) is 0 Å². The standard InChI is InChI=1S/C22H17BrCl2N2O2/c23-18-8-5-15(6-9-18)11-22(28)27-26-13-16-3-1-2-4-21(16)29-14-17-7-10-19(24)12-20(17)25/h1-10,12-13H,11,14H2,(H,27,28)/b26-13+. The molecule has 3 rings (SSSR count). The second-order valence-corrected chi connectivity index (χ2v) is 7.92. The second kappa shape index (κ2) is 10.4. The number of hydrazone groups is 1. The molecule has 0 atom stereocenters. The lowest BCUT2D eigenvalue weighted by molar-refractivity contribution is -0.120. The van der Waals surface area contributed by atoms with Gasteiger partial charge in [-0.2, -0.15) is 5.10 Å². The first-order valence-electron chi connectivity index (χ1n) is 8.73. The average Bonchev–Trinajstić information content (AvgIpc) is 2.70. The van der Waals surface area contributed by atoms with Gasteiger partial charge in [0.15, 0.2) is 0 Å². The summed E-state index contributed by atoms with van der Waals surface area (Å²) in [5, 5.41) is 5.16. The minimum absolute atomic E-state index is 0.199. The summed E-state index contributed by atoms with van der Waals surface area (Å²) < 4.78 is 6.84. The molecule has 1 amide bonds. The molecule has 0 heterocycles. The second-order valence-electron chi connectivity index (χ2n) is 6.16. The zero-order chi connectivity index (χ0) is 20.6. The fourth-order valence-electron chi connectivity index (χ4n) is 2.51. The lowest BCUT2D eigenvalue weighted by Crippen LogP contribution is -2.19. The highest BCUT2D eigenvalue weighted by molar-refractivity contribution is 9.10. The van der Waals surface area contributed by atoms with Gasteiger partial charge in [-0.25, -0.2) is 5.43 Å². The lowest BCUT2D eigenvalue weighted by atomic mass is 10.1. The van der Waals surface area contributed by atoms with Crippen LogP contribution < -0.4 is 10.2 Å². The molecular formula is C22H17BrCl2N2O2. The first-order valence-corrected chi connectivity index (χ1v) is 10.3.